The Kier molecular flexibility index (Phi) is 3.61. The van der Waals surface area contributed by atoms with Crippen molar-refractivity contribution in [1.82, 2.24) is 0 Å². The third kappa shape index (κ3) is 3.92. The quantitative estimate of drug-likeness (QED) is 0.180. The SMILES string of the molecule is [2H]c1cc2c(cc1[2H])C1(c3cc(N(c4cc([2H])c5c(c4C)C(C)(C)c4c([2H])cc([2H])c([2H])c4-5)c4cc([2H])c([2H])c5oc6c([2H])c([2H])c([2H])cc6c45)cc([2H])c3O2)c2cc([2H])c([2H])c([2H])c2-c2c([2H])c([2H])c([2H])c([2H])c21. The second-order valence-electron chi connectivity index (χ2n) is 14.6. The van der Waals surface area contributed by atoms with Gasteiger partial charge in [-0.3, -0.25) is 0 Å². The topological polar surface area (TPSA) is 25.6 Å². The molecule has 12 rings (SSSR count). The van der Waals surface area contributed by atoms with E-state index in [-0.39, 0.29) is 144 Å². The van der Waals surface area contributed by atoms with Gasteiger partial charge in [0.25, 0.3) is 0 Å². The number of ether oxygens (including phenoxy) is 1. The zero-order chi connectivity index (χ0) is 53.9. The minimum Gasteiger partial charge on any atom is -0.457 e. The Labute approximate surface area is 352 Å². The fourth-order valence-corrected chi connectivity index (χ4v) is 9.33. The summed E-state index contributed by atoms with van der Waals surface area (Å²) in [7, 11) is 0. The number of nitrogens with zero attached hydrogens (tertiary/aromatic N) is 1. The predicted octanol–water partition coefficient (Wildman–Crippen LogP) is 14.1. The minimum absolute atomic E-state index is 0.00301. The molecular formula is C53H37NO2. The molecule has 1 aromatic heterocycles. The van der Waals surface area contributed by atoms with Crippen molar-refractivity contribution in [2.75, 3.05) is 4.90 Å². The fourth-order valence-electron chi connectivity index (χ4n) is 9.33. The highest BCUT2D eigenvalue weighted by Crippen LogP contribution is 2.63. The lowest BCUT2D eigenvalue weighted by Gasteiger charge is -2.40. The predicted molar refractivity (Wildman–Crippen MR) is 228 cm³/mol. The Morgan fingerprint density at radius 3 is 2.20 bits per heavy atom. The van der Waals surface area contributed by atoms with Gasteiger partial charge in [0.15, 0.2) is 0 Å². The van der Waals surface area contributed by atoms with Crippen LogP contribution in [0.1, 0.15) is 78.8 Å². The molecular weight excluding hydrogens is 683 g/mol. The van der Waals surface area contributed by atoms with Gasteiger partial charge >= 0.3 is 0 Å². The van der Waals surface area contributed by atoms with Crippen molar-refractivity contribution in [3.8, 4) is 33.8 Å². The van der Waals surface area contributed by atoms with Gasteiger partial charge < -0.3 is 14.1 Å². The van der Waals surface area contributed by atoms with Crippen molar-refractivity contribution >= 4 is 39.0 Å². The first kappa shape index (κ1) is 18.2. The first-order valence-electron chi connectivity index (χ1n) is 27.4. The number of benzene rings is 8. The van der Waals surface area contributed by atoms with Crippen LogP contribution < -0.4 is 9.64 Å². The van der Waals surface area contributed by atoms with Gasteiger partial charge in [0, 0.05) is 33.3 Å². The van der Waals surface area contributed by atoms with E-state index in [1.807, 2.05) is 13.8 Å². The second-order valence-corrected chi connectivity index (χ2v) is 14.6. The van der Waals surface area contributed by atoms with Gasteiger partial charge in [-0.05, 0) is 105 Å². The summed E-state index contributed by atoms with van der Waals surface area (Å²) in [5.41, 5.74) is -1.62. The standard InChI is InChI=1S/C53H37NO2/c1-32-44(29-28-37-36-17-4-8-19-39(36)52(2,3)51(32)37)54(45-23-14-26-49-50(45)38-18-7-12-24-46(38)55-49)33-27-30-48-43(31-33)53(42-22-11-13-25-47(42)56-48)40-20-9-5-15-34(40)35-16-6-10-21-41(35)53/h4-31H,1-3H3/i4D,5D,6D,7D,9D,10D,11D,12D,13D,14D,15D,16D,17D,19D,20D,24D,26D,28D,30D. The van der Waals surface area contributed by atoms with E-state index in [2.05, 4.69) is 0 Å². The van der Waals surface area contributed by atoms with Crippen LogP contribution in [0.5, 0.6) is 11.5 Å². The molecule has 1 atom stereocenters. The monoisotopic (exact) mass is 738 g/mol. The van der Waals surface area contributed by atoms with Gasteiger partial charge in [-0.25, -0.2) is 0 Å². The highest BCUT2D eigenvalue weighted by Gasteiger charge is 2.51. The molecule has 1 spiro atoms. The molecule has 0 saturated carbocycles. The van der Waals surface area contributed by atoms with E-state index in [0.29, 0.717) is 22.3 Å². The zero-order valence-corrected chi connectivity index (χ0v) is 30.0. The summed E-state index contributed by atoms with van der Waals surface area (Å²) >= 11 is 0. The van der Waals surface area contributed by atoms with E-state index < -0.39 is 71.3 Å². The molecule has 3 nitrogen and oxygen atoms in total. The van der Waals surface area contributed by atoms with E-state index in [4.69, 9.17) is 27.0 Å². The number of rotatable bonds is 3. The van der Waals surface area contributed by atoms with Crippen LogP contribution in [0.15, 0.2) is 174 Å². The van der Waals surface area contributed by atoms with Crippen LogP contribution in [-0.4, -0.2) is 0 Å². The minimum atomic E-state index is -2.08. The Morgan fingerprint density at radius 1 is 0.536 bits per heavy atom. The second kappa shape index (κ2) is 11.1. The molecule has 56 heavy (non-hydrogen) atoms. The van der Waals surface area contributed by atoms with E-state index in [1.54, 1.807) is 17.9 Å². The summed E-state index contributed by atoms with van der Waals surface area (Å²) in [6.07, 6.45) is 0. The summed E-state index contributed by atoms with van der Waals surface area (Å²) < 4.78 is 186. The van der Waals surface area contributed by atoms with Gasteiger partial charge in [0.05, 0.1) is 42.5 Å². The zero-order valence-electron chi connectivity index (χ0n) is 49.0. The Morgan fingerprint density at radius 2 is 1.27 bits per heavy atom. The highest BCUT2D eigenvalue weighted by molar-refractivity contribution is 6.13. The van der Waals surface area contributed by atoms with Crippen molar-refractivity contribution in [1.29, 1.82) is 0 Å². The number of hydrogen-bond acceptors (Lipinski definition) is 3. The van der Waals surface area contributed by atoms with Crippen LogP contribution in [0.25, 0.3) is 44.2 Å². The molecule has 0 radical (unpaired) electrons. The molecule has 3 heteroatoms. The summed E-state index contributed by atoms with van der Waals surface area (Å²) in [6.45, 7) is 5.43. The van der Waals surface area contributed by atoms with E-state index in [1.165, 1.54) is 48.5 Å². The molecule has 1 aliphatic heterocycles. The number of para-hydroxylation sites is 2. The Balaban J connectivity index is 1.28. The average molecular weight is 739 g/mol. The summed E-state index contributed by atoms with van der Waals surface area (Å²) in [6, 6.07) is 4.59. The van der Waals surface area contributed by atoms with E-state index in [0.717, 1.165) is 0 Å². The molecule has 0 amide bonds. The summed E-state index contributed by atoms with van der Waals surface area (Å²) in [5.74, 6) is -0.262. The van der Waals surface area contributed by atoms with Crippen LogP contribution >= 0.6 is 0 Å². The lowest BCUT2D eigenvalue weighted by molar-refractivity contribution is 0.436. The molecule has 9 aromatic rings. The molecule has 0 bridgehead atoms. The van der Waals surface area contributed by atoms with Gasteiger partial charge in [0.1, 0.15) is 22.7 Å². The lowest BCUT2D eigenvalue weighted by Crippen LogP contribution is -2.32. The Hall–Kier alpha value is -6.84. The van der Waals surface area contributed by atoms with Gasteiger partial charge in [0.2, 0.25) is 0 Å². The highest BCUT2D eigenvalue weighted by atomic mass is 16.5. The molecule has 2 heterocycles. The third-order valence-corrected chi connectivity index (χ3v) is 11.5. The van der Waals surface area contributed by atoms with Gasteiger partial charge in [-0.1, -0.05) is 135 Å². The Bertz CT molecular complexity index is 4220. The average Bonchev–Trinajstić information content (AvgIpc) is 4.10. The summed E-state index contributed by atoms with van der Waals surface area (Å²) in [4.78, 5) is 1.57. The molecule has 0 N–H and O–H groups in total. The normalized spacial score (nSPS) is 21.2. The van der Waals surface area contributed by atoms with Crippen molar-refractivity contribution in [2.45, 2.75) is 31.6 Å². The smallest absolute Gasteiger partial charge is 0.137 e. The number of furan rings is 1. The number of fused-ring (bicyclic) bond motifs is 15. The molecule has 0 fully saturated rings. The van der Waals surface area contributed by atoms with E-state index in [9.17, 15) is 8.22 Å². The number of anilines is 3. The lowest BCUT2D eigenvalue weighted by atomic mass is 9.66. The van der Waals surface area contributed by atoms with E-state index >= 15 is 0 Å². The molecule has 8 aromatic carbocycles. The fraction of sp³-hybridized carbons (Fsp3) is 0.0943. The molecule has 3 aliphatic rings. The van der Waals surface area contributed by atoms with Gasteiger partial charge in [-0.15, -0.1) is 0 Å². The van der Waals surface area contributed by atoms with Crippen LogP contribution in [0.2, 0.25) is 0 Å². The van der Waals surface area contributed by atoms with Crippen LogP contribution in [0.4, 0.5) is 17.1 Å². The van der Waals surface area contributed by atoms with Crippen molar-refractivity contribution < 1.29 is 35.2 Å². The van der Waals surface area contributed by atoms with Crippen LogP contribution in [0, 0.1) is 6.92 Å². The largest absolute Gasteiger partial charge is 0.457 e. The molecule has 266 valence electrons. The van der Waals surface area contributed by atoms with Gasteiger partial charge in [-0.2, -0.15) is 0 Å². The van der Waals surface area contributed by atoms with Crippen molar-refractivity contribution in [2.24, 2.45) is 0 Å². The molecule has 1 unspecified atom stereocenters. The summed E-state index contributed by atoms with van der Waals surface area (Å²) in [5, 5.41) is 0.206. The van der Waals surface area contributed by atoms with Crippen molar-refractivity contribution in [3.05, 3.63) is 208 Å². The molecule has 2 aliphatic carbocycles. The number of hydrogen-bond donors (Lipinski definition) is 0. The first-order chi connectivity index (χ1) is 35.3. The van der Waals surface area contributed by atoms with Crippen molar-refractivity contribution in [3.63, 3.8) is 0 Å². The van der Waals surface area contributed by atoms with Crippen LogP contribution in [-0.2, 0) is 10.8 Å². The first-order valence-corrected chi connectivity index (χ1v) is 17.9. The third-order valence-electron chi connectivity index (χ3n) is 11.5. The van der Waals surface area contributed by atoms with Crippen LogP contribution in [0.3, 0.4) is 0 Å². The maximum atomic E-state index is 9.97. The maximum absolute atomic E-state index is 9.97. The maximum Gasteiger partial charge on any atom is 0.137 e. The molecule has 0 saturated heterocycles.